The van der Waals surface area contributed by atoms with Crippen molar-refractivity contribution < 1.29 is 0 Å². The molecule has 28 heavy (non-hydrogen) atoms. The predicted octanol–water partition coefficient (Wildman–Crippen LogP) is 6.09. The Morgan fingerprint density at radius 2 is 1.64 bits per heavy atom. The van der Waals surface area contributed by atoms with Gasteiger partial charge in [0.15, 0.2) is 0 Å². The third-order valence-corrected chi connectivity index (χ3v) is 6.02. The molecule has 0 saturated carbocycles. The highest BCUT2D eigenvalue weighted by Crippen LogP contribution is 2.42. The normalized spacial score (nSPS) is 15.1. The zero-order valence-electron chi connectivity index (χ0n) is 17.4. The highest BCUT2D eigenvalue weighted by molar-refractivity contribution is 5.88. The van der Waals surface area contributed by atoms with Gasteiger partial charge in [0, 0.05) is 29.4 Å². The standard InChI is InChI=1S/C24H30N4/c1-5-11-18(4)27-16-19-12-7-8-13-20(19)24-23(21-14-9-10-15-22(21)27)25-26-28(24)17(3)6-2/h7-10,12-15,17-18H,5-6,11,16H2,1-4H3. The Labute approximate surface area is 168 Å². The van der Waals surface area contributed by atoms with E-state index in [1.165, 1.54) is 35.2 Å². The number of benzene rings is 2. The Balaban J connectivity index is 2.00. The maximum Gasteiger partial charge on any atom is 0.123 e. The molecule has 1 aliphatic rings. The van der Waals surface area contributed by atoms with E-state index in [1.807, 2.05) is 0 Å². The topological polar surface area (TPSA) is 34.0 Å². The highest BCUT2D eigenvalue weighted by atomic mass is 15.4. The average Bonchev–Trinajstić information content (AvgIpc) is 3.15. The van der Waals surface area contributed by atoms with E-state index in [-0.39, 0.29) is 0 Å². The van der Waals surface area contributed by atoms with Gasteiger partial charge in [-0.25, -0.2) is 4.68 Å². The van der Waals surface area contributed by atoms with Crippen LogP contribution in [0.5, 0.6) is 0 Å². The quantitative estimate of drug-likeness (QED) is 0.542. The van der Waals surface area contributed by atoms with Crippen LogP contribution in [0.2, 0.25) is 0 Å². The van der Waals surface area contributed by atoms with E-state index in [1.54, 1.807) is 0 Å². The van der Waals surface area contributed by atoms with E-state index in [0.29, 0.717) is 12.1 Å². The fourth-order valence-electron chi connectivity index (χ4n) is 4.26. The van der Waals surface area contributed by atoms with Gasteiger partial charge in [-0.05, 0) is 38.3 Å². The lowest BCUT2D eigenvalue weighted by Gasteiger charge is -2.35. The molecule has 2 atom stereocenters. The van der Waals surface area contributed by atoms with Gasteiger partial charge >= 0.3 is 0 Å². The first kappa shape index (κ1) is 18.7. The van der Waals surface area contributed by atoms with Crippen molar-refractivity contribution in [3.05, 3.63) is 54.1 Å². The van der Waals surface area contributed by atoms with Crippen LogP contribution < -0.4 is 4.90 Å². The molecule has 4 nitrogen and oxygen atoms in total. The Kier molecular flexibility index (Phi) is 5.21. The lowest BCUT2D eigenvalue weighted by Crippen LogP contribution is -2.33. The molecule has 4 rings (SSSR count). The van der Waals surface area contributed by atoms with Gasteiger partial charge in [0.2, 0.25) is 0 Å². The third-order valence-electron chi connectivity index (χ3n) is 6.02. The van der Waals surface area contributed by atoms with Gasteiger partial charge in [0.05, 0.1) is 11.7 Å². The van der Waals surface area contributed by atoms with E-state index in [9.17, 15) is 0 Å². The molecule has 0 amide bonds. The van der Waals surface area contributed by atoms with Crippen LogP contribution in [0, 0.1) is 0 Å². The van der Waals surface area contributed by atoms with Crippen molar-refractivity contribution in [3.8, 4) is 22.5 Å². The molecule has 1 aliphatic heterocycles. The summed E-state index contributed by atoms with van der Waals surface area (Å²) in [7, 11) is 0. The van der Waals surface area contributed by atoms with Crippen molar-refractivity contribution in [2.45, 2.75) is 65.6 Å². The summed E-state index contributed by atoms with van der Waals surface area (Å²) in [5.74, 6) is 0. The molecule has 4 heteroatoms. The molecule has 146 valence electrons. The summed E-state index contributed by atoms with van der Waals surface area (Å²) in [5.41, 5.74) is 7.19. The summed E-state index contributed by atoms with van der Waals surface area (Å²) >= 11 is 0. The van der Waals surface area contributed by atoms with Gasteiger partial charge in [-0.2, -0.15) is 0 Å². The third kappa shape index (κ3) is 3.11. The first-order valence-electron chi connectivity index (χ1n) is 10.5. The largest absolute Gasteiger partial charge is 0.364 e. The van der Waals surface area contributed by atoms with Crippen LogP contribution in [0.15, 0.2) is 48.5 Å². The molecule has 0 aliphatic carbocycles. The van der Waals surface area contributed by atoms with Crippen LogP contribution in [-0.2, 0) is 6.54 Å². The number of anilines is 1. The van der Waals surface area contributed by atoms with Crippen LogP contribution in [0.1, 0.15) is 58.6 Å². The lowest BCUT2D eigenvalue weighted by atomic mass is 9.94. The predicted molar refractivity (Wildman–Crippen MR) is 116 cm³/mol. The van der Waals surface area contributed by atoms with Gasteiger partial charge in [-0.3, -0.25) is 0 Å². The zero-order chi connectivity index (χ0) is 19.7. The fraction of sp³-hybridized carbons (Fsp3) is 0.417. The van der Waals surface area contributed by atoms with Crippen molar-refractivity contribution in [2.24, 2.45) is 0 Å². The first-order valence-corrected chi connectivity index (χ1v) is 10.5. The SMILES string of the molecule is CCCC(C)N1Cc2ccccc2-c2c(nnn2C(C)CC)-c2ccccc21. The summed E-state index contributed by atoms with van der Waals surface area (Å²) in [6.07, 6.45) is 3.37. The molecular formula is C24H30N4. The van der Waals surface area contributed by atoms with E-state index in [4.69, 9.17) is 5.10 Å². The highest BCUT2D eigenvalue weighted by Gasteiger charge is 2.28. The number of hydrogen-bond acceptors (Lipinski definition) is 3. The molecule has 0 bridgehead atoms. The van der Waals surface area contributed by atoms with Crippen LogP contribution in [0.4, 0.5) is 5.69 Å². The lowest BCUT2D eigenvalue weighted by molar-refractivity contribution is 0.468. The van der Waals surface area contributed by atoms with Crippen LogP contribution >= 0.6 is 0 Å². The molecule has 1 aromatic heterocycles. The Bertz CT molecular complexity index is 959. The number of nitrogens with zero attached hydrogens (tertiary/aromatic N) is 4. The number of aromatic nitrogens is 3. The second-order valence-electron chi connectivity index (χ2n) is 7.93. The molecular weight excluding hydrogens is 344 g/mol. The summed E-state index contributed by atoms with van der Waals surface area (Å²) in [6.45, 7) is 9.92. The molecule has 2 heterocycles. The zero-order valence-corrected chi connectivity index (χ0v) is 17.4. The van der Waals surface area contributed by atoms with Crippen molar-refractivity contribution in [1.29, 1.82) is 0 Å². The molecule has 0 N–H and O–H groups in total. The van der Waals surface area contributed by atoms with Gasteiger partial charge in [-0.1, -0.05) is 67.9 Å². The maximum absolute atomic E-state index is 4.69. The average molecular weight is 375 g/mol. The summed E-state index contributed by atoms with van der Waals surface area (Å²) < 4.78 is 2.12. The van der Waals surface area contributed by atoms with Crippen LogP contribution in [-0.4, -0.2) is 21.0 Å². The number of para-hydroxylation sites is 1. The van der Waals surface area contributed by atoms with E-state index in [0.717, 1.165) is 24.4 Å². The molecule has 0 spiro atoms. The van der Waals surface area contributed by atoms with Crippen LogP contribution in [0.25, 0.3) is 22.5 Å². The minimum Gasteiger partial charge on any atom is -0.364 e. The van der Waals surface area contributed by atoms with E-state index in [2.05, 4.69) is 91.0 Å². The van der Waals surface area contributed by atoms with Gasteiger partial charge in [0.25, 0.3) is 0 Å². The molecule has 0 saturated heterocycles. The summed E-state index contributed by atoms with van der Waals surface area (Å²) in [4.78, 5) is 2.54. The second kappa shape index (κ2) is 7.78. The monoisotopic (exact) mass is 374 g/mol. The van der Waals surface area contributed by atoms with E-state index < -0.39 is 0 Å². The van der Waals surface area contributed by atoms with Gasteiger partial charge in [-0.15, -0.1) is 5.10 Å². The molecule has 0 fully saturated rings. The van der Waals surface area contributed by atoms with Crippen molar-refractivity contribution in [1.82, 2.24) is 15.0 Å². The minimum absolute atomic E-state index is 0.311. The molecule has 2 aromatic carbocycles. The van der Waals surface area contributed by atoms with Gasteiger partial charge in [0.1, 0.15) is 5.69 Å². The van der Waals surface area contributed by atoms with Crippen LogP contribution in [0.3, 0.4) is 0 Å². The maximum atomic E-state index is 4.69. The second-order valence-corrected chi connectivity index (χ2v) is 7.93. The fourth-order valence-corrected chi connectivity index (χ4v) is 4.26. The number of fused-ring (bicyclic) bond motifs is 5. The Morgan fingerprint density at radius 1 is 0.929 bits per heavy atom. The Hall–Kier alpha value is -2.62. The molecule has 3 aromatic rings. The van der Waals surface area contributed by atoms with E-state index >= 15 is 0 Å². The van der Waals surface area contributed by atoms with Gasteiger partial charge < -0.3 is 4.90 Å². The van der Waals surface area contributed by atoms with Crippen molar-refractivity contribution >= 4 is 5.69 Å². The summed E-state index contributed by atoms with van der Waals surface area (Å²) in [5, 5.41) is 9.30. The minimum atomic E-state index is 0.311. The summed E-state index contributed by atoms with van der Waals surface area (Å²) in [6, 6.07) is 18.2. The van der Waals surface area contributed by atoms with Crippen molar-refractivity contribution in [3.63, 3.8) is 0 Å². The smallest absolute Gasteiger partial charge is 0.123 e. The number of hydrogen-bond donors (Lipinski definition) is 0. The number of rotatable bonds is 5. The molecule has 0 radical (unpaired) electrons. The molecule has 2 unspecified atom stereocenters. The first-order chi connectivity index (χ1) is 13.7. The van der Waals surface area contributed by atoms with Crippen molar-refractivity contribution in [2.75, 3.05) is 4.90 Å². The Morgan fingerprint density at radius 3 is 2.39 bits per heavy atom.